The maximum Gasteiger partial charge on any atom is 0.203 e. The lowest BCUT2D eigenvalue weighted by atomic mass is 9.89. The number of hydrogen-bond donors (Lipinski definition) is 3. The minimum atomic E-state index is -0.0997. The molecule has 0 saturated heterocycles. The highest BCUT2D eigenvalue weighted by Crippen LogP contribution is 2.40. The molecule has 0 saturated carbocycles. The Labute approximate surface area is 152 Å². The van der Waals surface area contributed by atoms with Crippen LogP contribution in [0.2, 0.25) is 0 Å². The van der Waals surface area contributed by atoms with Gasteiger partial charge < -0.3 is 35.2 Å². The van der Waals surface area contributed by atoms with Gasteiger partial charge in [0.1, 0.15) is 0 Å². The van der Waals surface area contributed by atoms with Crippen LogP contribution >= 0.6 is 0 Å². The Balaban J connectivity index is 0.00000243. The minimum absolute atomic E-state index is 0. The molecule has 2 aromatic carbocycles. The highest BCUT2D eigenvalue weighted by molar-refractivity contribution is 5.54. The number of aromatic hydroxyl groups is 2. The number of methoxy groups -OCH3 is 3. The van der Waals surface area contributed by atoms with Crippen LogP contribution in [-0.4, -0.2) is 43.6 Å². The number of hydrogen-bond acceptors (Lipinski definition) is 6. The van der Waals surface area contributed by atoms with E-state index in [0.717, 1.165) is 29.7 Å². The van der Waals surface area contributed by atoms with Gasteiger partial charge in [-0.1, -0.05) is 0 Å². The molecule has 3 rings (SSSR count). The molecule has 0 aromatic heterocycles. The first-order valence-electron chi connectivity index (χ1n) is 8.14. The molecule has 0 aliphatic carbocycles. The fourth-order valence-corrected chi connectivity index (χ4v) is 3.34. The van der Waals surface area contributed by atoms with Gasteiger partial charge in [-0.15, -0.1) is 0 Å². The van der Waals surface area contributed by atoms with Gasteiger partial charge in [0, 0.05) is 6.04 Å². The Hall–Kier alpha value is -2.64. The topological polar surface area (TPSA) is 112 Å². The smallest absolute Gasteiger partial charge is 0.203 e. The van der Waals surface area contributed by atoms with Crippen LogP contribution in [0.1, 0.15) is 22.7 Å². The van der Waals surface area contributed by atoms with Crippen LogP contribution in [0.3, 0.4) is 0 Å². The van der Waals surface area contributed by atoms with Crippen molar-refractivity contribution in [3.8, 4) is 28.7 Å². The van der Waals surface area contributed by atoms with E-state index in [2.05, 4.69) is 5.32 Å². The molecule has 7 nitrogen and oxygen atoms in total. The van der Waals surface area contributed by atoms with Gasteiger partial charge in [0.25, 0.3) is 0 Å². The van der Waals surface area contributed by atoms with Gasteiger partial charge in [-0.3, -0.25) is 0 Å². The maximum atomic E-state index is 9.86. The Kier molecular flexibility index (Phi) is 6.18. The third-order valence-corrected chi connectivity index (χ3v) is 4.56. The monoisotopic (exact) mass is 363 g/mol. The van der Waals surface area contributed by atoms with Crippen LogP contribution in [0.15, 0.2) is 24.3 Å². The molecule has 26 heavy (non-hydrogen) atoms. The van der Waals surface area contributed by atoms with Crippen molar-refractivity contribution in [1.82, 2.24) is 5.32 Å². The van der Waals surface area contributed by atoms with E-state index in [1.807, 2.05) is 12.1 Å². The molecule has 1 aliphatic rings. The number of nitrogens with one attached hydrogen (secondary N) is 1. The summed E-state index contributed by atoms with van der Waals surface area (Å²) in [6.07, 6.45) is 1.50. The lowest BCUT2D eigenvalue weighted by Crippen LogP contribution is -2.31. The summed E-state index contributed by atoms with van der Waals surface area (Å²) in [6, 6.07) is 7.17. The van der Waals surface area contributed by atoms with E-state index in [0.29, 0.717) is 23.7 Å². The van der Waals surface area contributed by atoms with Crippen molar-refractivity contribution < 1.29 is 29.9 Å². The van der Waals surface area contributed by atoms with Crippen LogP contribution in [-0.2, 0) is 12.8 Å². The van der Waals surface area contributed by atoms with E-state index < -0.39 is 0 Å². The number of rotatable bonds is 5. The molecule has 2 aromatic rings. The van der Waals surface area contributed by atoms with Gasteiger partial charge in [-0.2, -0.15) is 0 Å². The van der Waals surface area contributed by atoms with E-state index in [1.165, 1.54) is 0 Å². The fourth-order valence-electron chi connectivity index (χ4n) is 3.34. The first kappa shape index (κ1) is 19.7. The Bertz CT molecular complexity index is 752. The third kappa shape index (κ3) is 3.63. The maximum absolute atomic E-state index is 9.86. The summed E-state index contributed by atoms with van der Waals surface area (Å²) in [7, 11) is 4.76. The number of ether oxygens (including phenoxy) is 3. The van der Waals surface area contributed by atoms with Gasteiger partial charge in [-0.25, -0.2) is 0 Å². The zero-order valence-electron chi connectivity index (χ0n) is 15.1. The van der Waals surface area contributed by atoms with Crippen molar-refractivity contribution in [2.45, 2.75) is 18.9 Å². The molecule has 0 bridgehead atoms. The Morgan fingerprint density at radius 2 is 1.58 bits per heavy atom. The highest BCUT2D eigenvalue weighted by Gasteiger charge is 2.23. The van der Waals surface area contributed by atoms with Crippen molar-refractivity contribution in [3.63, 3.8) is 0 Å². The van der Waals surface area contributed by atoms with E-state index in [-0.39, 0.29) is 23.0 Å². The molecular formula is C19H25NO6. The van der Waals surface area contributed by atoms with Crippen LogP contribution in [0.5, 0.6) is 28.7 Å². The SMILES string of the molecule is COc1cc(C[C@@H]2NCCc3cc(O)c(O)cc32)cc(OC)c1OC.O. The first-order chi connectivity index (χ1) is 12.1. The first-order valence-corrected chi connectivity index (χ1v) is 8.14. The summed E-state index contributed by atoms with van der Waals surface area (Å²) in [6.45, 7) is 0.812. The average Bonchev–Trinajstić information content (AvgIpc) is 2.62. The fraction of sp³-hybridized carbons (Fsp3) is 0.368. The predicted octanol–water partition coefficient (Wildman–Crippen LogP) is 1.73. The summed E-state index contributed by atoms with van der Waals surface area (Å²) in [5, 5.41) is 23.1. The van der Waals surface area contributed by atoms with Crippen molar-refractivity contribution in [2.24, 2.45) is 0 Å². The largest absolute Gasteiger partial charge is 0.504 e. The highest BCUT2D eigenvalue weighted by atomic mass is 16.5. The standard InChI is InChI=1S/C19H23NO5.H2O/c1-23-17-7-11(8-18(24-2)19(17)25-3)6-14-13-10-16(22)15(21)9-12(13)4-5-20-14;/h7-10,14,20-22H,4-6H2,1-3H3;1H2/t14-;/m0./s1. The Morgan fingerprint density at radius 1 is 0.962 bits per heavy atom. The average molecular weight is 363 g/mol. The van der Waals surface area contributed by atoms with E-state index >= 15 is 0 Å². The van der Waals surface area contributed by atoms with Crippen molar-refractivity contribution in [3.05, 3.63) is 41.0 Å². The normalized spacial score (nSPS) is 15.6. The second-order valence-electron chi connectivity index (χ2n) is 6.03. The molecule has 0 radical (unpaired) electrons. The van der Waals surface area contributed by atoms with Crippen LogP contribution in [0.4, 0.5) is 0 Å². The van der Waals surface area contributed by atoms with Gasteiger partial charge in [0.05, 0.1) is 21.3 Å². The molecule has 1 aliphatic heterocycles. The molecule has 0 spiro atoms. The summed E-state index contributed by atoms with van der Waals surface area (Å²) in [5.41, 5.74) is 3.06. The number of phenolic OH excluding ortho intramolecular Hbond substituents is 2. The molecule has 7 heteroatoms. The van der Waals surface area contributed by atoms with Crippen molar-refractivity contribution >= 4 is 0 Å². The number of fused-ring (bicyclic) bond motifs is 1. The second-order valence-corrected chi connectivity index (χ2v) is 6.03. The predicted molar refractivity (Wildman–Crippen MR) is 97.6 cm³/mol. The number of benzene rings is 2. The van der Waals surface area contributed by atoms with E-state index in [4.69, 9.17) is 14.2 Å². The van der Waals surface area contributed by atoms with Gasteiger partial charge in [0.15, 0.2) is 23.0 Å². The third-order valence-electron chi connectivity index (χ3n) is 4.56. The van der Waals surface area contributed by atoms with Crippen LogP contribution in [0.25, 0.3) is 0 Å². The molecule has 0 fully saturated rings. The lowest BCUT2D eigenvalue weighted by Gasteiger charge is -2.28. The molecule has 5 N–H and O–H groups in total. The van der Waals surface area contributed by atoms with E-state index in [9.17, 15) is 10.2 Å². The van der Waals surface area contributed by atoms with Gasteiger partial charge >= 0.3 is 0 Å². The molecule has 142 valence electrons. The van der Waals surface area contributed by atoms with Gasteiger partial charge in [0.2, 0.25) is 5.75 Å². The summed E-state index contributed by atoms with van der Waals surface area (Å²) >= 11 is 0. The van der Waals surface area contributed by atoms with Crippen LogP contribution in [0, 0.1) is 0 Å². The van der Waals surface area contributed by atoms with Crippen molar-refractivity contribution in [1.29, 1.82) is 0 Å². The summed E-state index contributed by atoms with van der Waals surface area (Å²) < 4.78 is 16.2. The lowest BCUT2D eigenvalue weighted by molar-refractivity contribution is 0.323. The zero-order valence-corrected chi connectivity index (χ0v) is 15.1. The summed E-state index contributed by atoms with van der Waals surface area (Å²) in [4.78, 5) is 0. The molecule has 1 heterocycles. The second kappa shape index (κ2) is 8.16. The molecule has 1 atom stereocenters. The van der Waals surface area contributed by atoms with E-state index in [1.54, 1.807) is 33.5 Å². The number of phenols is 2. The Morgan fingerprint density at radius 3 is 2.15 bits per heavy atom. The quantitative estimate of drug-likeness (QED) is 0.698. The van der Waals surface area contributed by atoms with Gasteiger partial charge in [-0.05, 0) is 60.3 Å². The minimum Gasteiger partial charge on any atom is -0.504 e. The van der Waals surface area contributed by atoms with Crippen LogP contribution < -0.4 is 19.5 Å². The molecule has 0 amide bonds. The molecule has 0 unspecified atom stereocenters. The molecular weight excluding hydrogens is 338 g/mol. The summed E-state index contributed by atoms with van der Waals surface area (Å²) in [5.74, 6) is 1.61. The van der Waals surface area contributed by atoms with Crippen molar-refractivity contribution in [2.75, 3.05) is 27.9 Å². The zero-order chi connectivity index (χ0) is 18.0.